The first-order valence-corrected chi connectivity index (χ1v) is 24.3. The highest BCUT2D eigenvalue weighted by atomic mass is 31.2. The van der Waals surface area contributed by atoms with Crippen LogP contribution in [-0.2, 0) is 27.9 Å². The molecule has 0 aromatic rings. The van der Waals surface area contributed by atoms with Crippen LogP contribution in [0.5, 0.6) is 0 Å². The van der Waals surface area contributed by atoms with Crippen LogP contribution >= 0.6 is 7.82 Å². The van der Waals surface area contributed by atoms with Crippen molar-refractivity contribution in [2.75, 3.05) is 26.4 Å². The zero-order chi connectivity index (χ0) is 41.8. The van der Waals surface area contributed by atoms with Gasteiger partial charge in [0.05, 0.1) is 13.2 Å². The van der Waals surface area contributed by atoms with Gasteiger partial charge in [-0.25, -0.2) is 4.57 Å². The van der Waals surface area contributed by atoms with E-state index in [2.05, 4.69) is 79.9 Å². The molecule has 0 aliphatic carbocycles. The maximum absolute atomic E-state index is 12.1. The lowest BCUT2D eigenvalue weighted by atomic mass is 10.1. The van der Waals surface area contributed by atoms with E-state index in [9.17, 15) is 24.2 Å². The molecule has 2 unspecified atom stereocenters. The Kier molecular flexibility index (Phi) is 41.6. The van der Waals surface area contributed by atoms with Crippen molar-refractivity contribution < 1.29 is 37.9 Å². The molecule has 0 aliphatic rings. The second-order valence-corrected chi connectivity index (χ2v) is 16.5. The summed E-state index contributed by atoms with van der Waals surface area (Å²) in [6, 6.07) is 0. The van der Waals surface area contributed by atoms with Gasteiger partial charge in [-0.2, -0.15) is 0 Å². The van der Waals surface area contributed by atoms with Crippen LogP contribution in [0.3, 0.4) is 0 Å². The standard InChI is InChI=1S/C47H84NO8P/c1-3-5-7-9-11-13-15-17-18-19-20-21-22-23-24-25-26-28-30-32-34-36-38-40-47(51)54-43-45(49)44-56-57(52,53)55-42-41-48-46(50)39-37-35-33-31-29-27-16-14-12-10-8-6-4-2/h8,10-11,13-14,16-18,20-21,45,49H,3-7,9,12,15,19,22-44H2,1-2H3,(H,48,50)(H,52,53)/b10-8-,13-11-,16-14-,18-17-,21-20-. The minimum Gasteiger partial charge on any atom is -0.463 e. The first-order chi connectivity index (χ1) is 27.8. The Hall–Kier alpha value is -2.29. The molecule has 0 saturated heterocycles. The molecule has 9 nitrogen and oxygen atoms in total. The third kappa shape index (κ3) is 44.7. The van der Waals surface area contributed by atoms with Crippen LogP contribution < -0.4 is 5.32 Å². The van der Waals surface area contributed by atoms with Gasteiger partial charge in [0.15, 0.2) is 0 Å². The van der Waals surface area contributed by atoms with E-state index < -0.39 is 26.5 Å². The number of esters is 1. The number of nitrogens with one attached hydrogen (secondary N) is 1. The number of unbranched alkanes of at least 4 members (excludes halogenated alkanes) is 19. The van der Waals surface area contributed by atoms with Crippen LogP contribution in [0.4, 0.5) is 0 Å². The Morgan fingerprint density at radius 1 is 0.544 bits per heavy atom. The molecule has 3 N–H and O–H groups in total. The highest BCUT2D eigenvalue weighted by Crippen LogP contribution is 2.42. The zero-order valence-corrected chi connectivity index (χ0v) is 37.2. The summed E-state index contributed by atoms with van der Waals surface area (Å²) in [6.45, 7) is 3.44. The molecule has 0 spiro atoms. The molecule has 0 fully saturated rings. The summed E-state index contributed by atoms with van der Waals surface area (Å²) in [7, 11) is -4.42. The first kappa shape index (κ1) is 54.7. The van der Waals surface area contributed by atoms with Crippen molar-refractivity contribution in [2.45, 2.75) is 200 Å². The summed E-state index contributed by atoms with van der Waals surface area (Å²) >= 11 is 0. The smallest absolute Gasteiger partial charge is 0.463 e. The number of phosphoric acid groups is 1. The van der Waals surface area contributed by atoms with Gasteiger partial charge in [0.1, 0.15) is 12.7 Å². The van der Waals surface area contributed by atoms with Gasteiger partial charge in [-0.15, -0.1) is 0 Å². The number of aliphatic hydroxyl groups is 1. The molecule has 0 aromatic heterocycles. The van der Waals surface area contributed by atoms with Crippen molar-refractivity contribution in [1.82, 2.24) is 5.32 Å². The number of carbonyl (C=O) groups is 2. The van der Waals surface area contributed by atoms with E-state index in [1.807, 2.05) is 0 Å². The maximum Gasteiger partial charge on any atom is 0.472 e. The SMILES string of the molecule is CCC/C=C\C/C=C\CCCCCCCC(=O)NCCOP(=O)(O)OCC(O)COC(=O)CCCCCCCCCCCC/C=C\C/C=C\C/C=C\CCCCC. The second-order valence-electron chi connectivity index (χ2n) is 15.0. The van der Waals surface area contributed by atoms with Gasteiger partial charge in [0, 0.05) is 19.4 Å². The third-order valence-corrected chi connectivity index (χ3v) is 10.4. The predicted octanol–water partition coefficient (Wildman–Crippen LogP) is 12.9. The van der Waals surface area contributed by atoms with Crippen molar-refractivity contribution in [2.24, 2.45) is 0 Å². The number of ether oxygens (including phenoxy) is 1. The van der Waals surface area contributed by atoms with E-state index in [-0.39, 0.29) is 32.1 Å². The third-order valence-electron chi connectivity index (χ3n) is 9.40. The lowest BCUT2D eigenvalue weighted by Gasteiger charge is -2.15. The van der Waals surface area contributed by atoms with Crippen molar-refractivity contribution >= 4 is 19.7 Å². The summed E-state index contributed by atoms with van der Waals surface area (Å²) in [6.07, 6.45) is 51.5. The van der Waals surface area contributed by atoms with Crippen LogP contribution in [0.15, 0.2) is 60.8 Å². The molecule has 1 amide bonds. The minimum absolute atomic E-state index is 0.0715. The summed E-state index contributed by atoms with van der Waals surface area (Å²) < 4.78 is 26.9. The number of rotatable bonds is 42. The number of hydrogen-bond donors (Lipinski definition) is 3. The molecule has 330 valence electrons. The molecular formula is C47H84NO8P. The summed E-state index contributed by atoms with van der Waals surface area (Å²) in [5, 5.41) is 12.7. The van der Waals surface area contributed by atoms with Crippen molar-refractivity contribution in [3.63, 3.8) is 0 Å². The fraction of sp³-hybridized carbons (Fsp3) is 0.745. The molecule has 0 radical (unpaired) electrons. The maximum atomic E-state index is 12.1. The van der Waals surface area contributed by atoms with Gasteiger partial charge < -0.3 is 20.1 Å². The van der Waals surface area contributed by atoms with Gasteiger partial charge in [-0.05, 0) is 77.0 Å². The highest BCUT2D eigenvalue weighted by Gasteiger charge is 2.23. The fourth-order valence-corrected chi connectivity index (χ4v) is 6.71. The zero-order valence-electron chi connectivity index (χ0n) is 36.3. The molecule has 0 rings (SSSR count). The van der Waals surface area contributed by atoms with Crippen LogP contribution in [0, 0.1) is 0 Å². The van der Waals surface area contributed by atoms with Gasteiger partial charge in [0.2, 0.25) is 5.91 Å². The molecular weight excluding hydrogens is 737 g/mol. The Morgan fingerprint density at radius 2 is 0.982 bits per heavy atom. The predicted molar refractivity (Wildman–Crippen MR) is 238 cm³/mol. The molecule has 0 bridgehead atoms. The molecule has 2 atom stereocenters. The highest BCUT2D eigenvalue weighted by molar-refractivity contribution is 7.47. The monoisotopic (exact) mass is 822 g/mol. The average Bonchev–Trinajstić information content (AvgIpc) is 3.20. The molecule has 57 heavy (non-hydrogen) atoms. The molecule has 0 heterocycles. The van der Waals surface area contributed by atoms with Crippen molar-refractivity contribution in [1.29, 1.82) is 0 Å². The number of aliphatic hydroxyl groups excluding tert-OH is 1. The normalized spacial score (nSPS) is 13.8. The lowest BCUT2D eigenvalue weighted by Crippen LogP contribution is -2.27. The Morgan fingerprint density at radius 3 is 1.49 bits per heavy atom. The van der Waals surface area contributed by atoms with Gasteiger partial charge in [-0.1, -0.05) is 164 Å². The lowest BCUT2D eigenvalue weighted by molar-refractivity contribution is -0.147. The van der Waals surface area contributed by atoms with E-state index in [1.54, 1.807) is 0 Å². The molecule has 0 aliphatic heterocycles. The van der Waals surface area contributed by atoms with Crippen molar-refractivity contribution in [3.8, 4) is 0 Å². The molecule has 10 heteroatoms. The van der Waals surface area contributed by atoms with Crippen LogP contribution in [-0.4, -0.2) is 54.3 Å². The quantitative estimate of drug-likeness (QED) is 0.0240. The summed E-state index contributed by atoms with van der Waals surface area (Å²) in [5.41, 5.74) is 0. The fourth-order valence-electron chi connectivity index (χ4n) is 5.95. The molecule has 0 saturated carbocycles. The van der Waals surface area contributed by atoms with Crippen LogP contribution in [0.1, 0.15) is 194 Å². The number of amides is 1. The van der Waals surface area contributed by atoms with Crippen LogP contribution in [0.25, 0.3) is 0 Å². The van der Waals surface area contributed by atoms with Gasteiger partial charge in [0.25, 0.3) is 0 Å². The first-order valence-electron chi connectivity index (χ1n) is 22.8. The van der Waals surface area contributed by atoms with Crippen molar-refractivity contribution in [3.05, 3.63) is 60.8 Å². The van der Waals surface area contributed by atoms with Crippen LogP contribution in [0.2, 0.25) is 0 Å². The Balaban J connectivity index is 3.60. The topological polar surface area (TPSA) is 131 Å². The number of hydrogen-bond acceptors (Lipinski definition) is 7. The van der Waals surface area contributed by atoms with Gasteiger partial charge >= 0.3 is 13.8 Å². The largest absolute Gasteiger partial charge is 0.472 e. The van der Waals surface area contributed by atoms with E-state index in [1.165, 1.54) is 83.5 Å². The van der Waals surface area contributed by atoms with E-state index in [0.717, 1.165) is 83.5 Å². The Bertz CT molecular complexity index is 1120. The average molecular weight is 822 g/mol. The van der Waals surface area contributed by atoms with Gasteiger partial charge in [-0.3, -0.25) is 18.6 Å². The number of phosphoric ester groups is 1. The Labute approximate surface area is 348 Å². The molecule has 0 aromatic carbocycles. The number of carbonyl (C=O) groups excluding carboxylic acids is 2. The number of allylic oxidation sites excluding steroid dienone is 10. The summed E-state index contributed by atoms with van der Waals surface area (Å²) in [5.74, 6) is -0.537. The van der Waals surface area contributed by atoms with E-state index in [4.69, 9.17) is 13.8 Å². The van der Waals surface area contributed by atoms with E-state index in [0.29, 0.717) is 6.42 Å². The minimum atomic E-state index is -4.42. The summed E-state index contributed by atoms with van der Waals surface area (Å²) in [4.78, 5) is 33.9. The van der Waals surface area contributed by atoms with E-state index >= 15 is 0 Å². The second kappa shape index (κ2) is 43.3.